The summed E-state index contributed by atoms with van der Waals surface area (Å²) in [5.74, 6) is 2.59. The van der Waals surface area contributed by atoms with Crippen molar-refractivity contribution in [1.29, 1.82) is 0 Å². The third kappa shape index (κ3) is 2.53. The number of hydrogen-bond donors (Lipinski definition) is 1. The Bertz CT molecular complexity index is 635. The molecular weight excluding hydrogens is 241 g/mol. The summed E-state index contributed by atoms with van der Waals surface area (Å²) in [6.45, 7) is 2.34. The van der Waals surface area contributed by atoms with Crippen LogP contribution >= 0.6 is 7.92 Å². The van der Waals surface area contributed by atoms with E-state index in [4.69, 9.17) is 10.5 Å². The summed E-state index contributed by atoms with van der Waals surface area (Å²) in [5, 5.41) is 0. The van der Waals surface area contributed by atoms with Crippen molar-refractivity contribution in [2.75, 3.05) is 5.73 Å². The van der Waals surface area contributed by atoms with Crippen molar-refractivity contribution in [2.24, 2.45) is 0 Å². The Labute approximate surface area is 98.1 Å². The van der Waals surface area contributed by atoms with Crippen LogP contribution in [0.2, 0.25) is 0 Å². The third-order valence-electron chi connectivity index (χ3n) is 2.17. The molecule has 0 saturated heterocycles. The number of aromatic nitrogens is 4. The van der Waals surface area contributed by atoms with Crippen molar-refractivity contribution >= 4 is 24.9 Å². The van der Waals surface area contributed by atoms with Gasteiger partial charge in [-0.3, -0.25) is 0 Å². The van der Waals surface area contributed by atoms with Crippen LogP contribution in [0.25, 0.3) is 11.2 Å². The van der Waals surface area contributed by atoms with Gasteiger partial charge in [-0.2, -0.15) is 0 Å². The number of ether oxygens (including phenoxy) is 1. The SMILES string of the molecule is C[C@H](Cn1cnc2c(N)ncnc21)OC#P=O. The first-order chi connectivity index (χ1) is 8.22. The van der Waals surface area contributed by atoms with Crippen molar-refractivity contribution in [3.8, 4) is 5.81 Å². The molecule has 17 heavy (non-hydrogen) atoms. The fraction of sp³-hybridized carbons (Fsp3) is 0.333. The van der Waals surface area contributed by atoms with E-state index in [0.29, 0.717) is 23.5 Å². The molecule has 0 fully saturated rings. The average Bonchev–Trinajstić information content (AvgIpc) is 2.71. The summed E-state index contributed by atoms with van der Waals surface area (Å²) < 4.78 is 17.0. The quantitative estimate of drug-likeness (QED) is 0.818. The van der Waals surface area contributed by atoms with E-state index in [1.807, 2.05) is 6.92 Å². The van der Waals surface area contributed by atoms with E-state index in [1.54, 1.807) is 10.9 Å². The summed E-state index contributed by atoms with van der Waals surface area (Å²) in [5.41, 5.74) is 6.88. The van der Waals surface area contributed by atoms with Crippen molar-refractivity contribution < 1.29 is 9.30 Å². The van der Waals surface area contributed by atoms with Crippen molar-refractivity contribution in [1.82, 2.24) is 19.5 Å². The number of rotatable bonds is 3. The first kappa shape index (κ1) is 11.8. The number of nitrogens with zero attached hydrogens (tertiary/aromatic N) is 4. The second-order valence-electron chi connectivity index (χ2n) is 3.44. The minimum absolute atomic E-state index is 0.190. The number of anilines is 1. The van der Waals surface area contributed by atoms with Crippen LogP contribution in [-0.4, -0.2) is 25.6 Å². The molecule has 8 heteroatoms. The molecule has 2 N–H and O–H groups in total. The van der Waals surface area contributed by atoms with Crippen LogP contribution in [0.15, 0.2) is 12.7 Å². The summed E-state index contributed by atoms with van der Waals surface area (Å²) in [4.78, 5) is 12.1. The van der Waals surface area contributed by atoms with Crippen LogP contribution in [0, 0.1) is 5.81 Å². The summed E-state index contributed by atoms with van der Waals surface area (Å²) in [6, 6.07) is 0. The molecule has 1 atom stereocenters. The summed E-state index contributed by atoms with van der Waals surface area (Å²) in [6.07, 6.45) is 2.81. The number of nitrogens with two attached hydrogens (primary N) is 1. The molecule has 2 rings (SSSR count). The second-order valence-corrected chi connectivity index (χ2v) is 3.80. The molecule has 2 aromatic rings. The van der Waals surface area contributed by atoms with E-state index in [2.05, 4.69) is 20.8 Å². The first-order valence-corrected chi connectivity index (χ1v) is 5.68. The number of imidazole rings is 1. The van der Waals surface area contributed by atoms with Crippen LogP contribution in [0.3, 0.4) is 0 Å². The van der Waals surface area contributed by atoms with Crippen molar-refractivity contribution in [3.63, 3.8) is 0 Å². The van der Waals surface area contributed by atoms with Gasteiger partial charge in [-0.15, -0.1) is 0 Å². The Balaban J connectivity index is 2.27. The van der Waals surface area contributed by atoms with Gasteiger partial charge < -0.3 is 0 Å². The molecule has 0 spiro atoms. The summed E-state index contributed by atoms with van der Waals surface area (Å²) in [7, 11) is -0.269. The van der Waals surface area contributed by atoms with E-state index in [9.17, 15) is 4.57 Å². The predicted molar refractivity (Wildman–Crippen MR) is 61.8 cm³/mol. The topological polar surface area (TPSA) is 95.9 Å². The fourth-order valence-electron chi connectivity index (χ4n) is 1.46. The van der Waals surface area contributed by atoms with Gasteiger partial charge in [0.15, 0.2) is 0 Å². The molecule has 0 bridgehead atoms. The zero-order valence-electron chi connectivity index (χ0n) is 9.07. The zero-order chi connectivity index (χ0) is 12.3. The van der Waals surface area contributed by atoms with Gasteiger partial charge in [0.25, 0.3) is 0 Å². The zero-order valence-corrected chi connectivity index (χ0v) is 9.96. The third-order valence-corrected chi connectivity index (χ3v) is 2.35. The van der Waals surface area contributed by atoms with Crippen molar-refractivity contribution in [3.05, 3.63) is 12.7 Å². The number of nitrogen functional groups attached to an aromatic ring is 1. The van der Waals surface area contributed by atoms with Crippen molar-refractivity contribution in [2.45, 2.75) is 19.6 Å². The standard InChI is InChI=1S/C9H10N5O2P/c1-6(16-5-17-15)2-14-4-13-7-8(10)11-3-12-9(7)14/h3-4,6H,2H2,1H3,(H2,10,11,12)/t6-/m1/s1. The van der Waals surface area contributed by atoms with Crippen LogP contribution < -0.4 is 5.73 Å². The van der Waals surface area contributed by atoms with E-state index in [-0.39, 0.29) is 14.0 Å². The van der Waals surface area contributed by atoms with Gasteiger partial charge in [0.05, 0.1) is 0 Å². The number of fused-ring (bicyclic) bond motifs is 1. The van der Waals surface area contributed by atoms with Crippen LogP contribution in [-0.2, 0) is 15.8 Å². The molecule has 0 radical (unpaired) electrons. The molecule has 0 aromatic carbocycles. The van der Waals surface area contributed by atoms with Gasteiger partial charge in [0.1, 0.15) is 0 Å². The second kappa shape index (κ2) is 5.10. The van der Waals surface area contributed by atoms with E-state index in [1.165, 1.54) is 6.33 Å². The minimum atomic E-state index is -0.269. The molecule has 2 aromatic heterocycles. The molecule has 0 amide bonds. The molecule has 0 unspecified atom stereocenters. The maximum absolute atomic E-state index is 10.2. The van der Waals surface area contributed by atoms with Crippen LogP contribution in [0.5, 0.6) is 0 Å². The Morgan fingerprint density at radius 2 is 2.41 bits per heavy atom. The molecular formula is C9H10N5O2P. The van der Waals surface area contributed by atoms with Gasteiger partial charge in [-0.25, -0.2) is 0 Å². The maximum atomic E-state index is 10.2. The van der Waals surface area contributed by atoms with E-state index < -0.39 is 0 Å². The Morgan fingerprint density at radius 1 is 1.59 bits per heavy atom. The van der Waals surface area contributed by atoms with Gasteiger partial charge in [0, 0.05) is 0 Å². The van der Waals surface area contributed by atoms with Crippen LogP contribution in [0.1, 0.15) is 6.92 Å². The van der Waals surface area contributed by atoms with Crippen LogP contribution in [0.4, 0.5) is 5.82 Å². The Kier molecular flexibility index (Phi) is 3.54. The first-order valence-electron chi connectivity index (χ1n) is 4.86. The van der Waals surface area contributed by atoms with Gasteiger partial charge in [-0.1, -0.05) is 0 Å². The molecule has 7 nitrogen and oxygen atoms in total. The summed E-state index contributed by atoms with van der Waals surface area (Å²) >= 11 is 0. The molecule has 0 aliphatic carbocycles. The molecule has 0 aliphatic rings. The average molecular weight is 251 g/mol. The number of hydrogen-bond acceptors (Lipinski definition) is 6. The van der Waals surface area contributed by atoms with Gasteiger partial charge in [0.2, 0.25) is 0 Å². The Morgan fingerprint density at radius 3 is 3.18 bits per heavy atom. The van der Waals surface area contributed by atoms with E-state index >= 15 is 0 Å². The van der Waals surface area contributed by atoms with Gasteiger partial charge in [-0.05, 0) is 0 Å². The van der Waals surface area contributed by atoms with E-state index in [0.717, 1.165) is 0 Å². The Hall–Kier alpha value is -1.68. The molecule has 88 valence electrons. The normalized spacial score (nSPS) is 12.3. The predicted octanol–water partition coefficient (Wildman–Crippen LogP) is 1.02. The monoisotopic (exact) mass is 251 g/mol. The fourth-order valence-corrected chi connectivity index (χ4v) is 1.68. The molecule has 0 aliphatic heterocycles. The molecule has 0 saturated carbocycles. The molecule has 2 heterocycles. The van der Waals surface area contributed by atoms with Gasteiger partial charge >= 0.3 is 97.5 Å².